The van der Waals surface area contributed by atoms with Crippen molar-refractivity contribution in [3.63, 3.8) is 0 Å². The number of hydrogen-bond acceptors (Lipinski definition) is 7. The van der Waals surface area contributed by atoms with Crippen molar-refractivity contribution in [2.75, 3.05) is 19.7 Å². The van der Waals surface area contributed by atoms with Gasteiger partial charge in [-0.2, -0.15) is 0 Å². The number of aromatic nitrogens is 1. The molecule has 2 aromatic rings. The number of carbonyl (C=O) groups is 1. The molecule has 1 fully saturated rings. The second-order valence-electron chi connectivity index (χ2n) is 5.30. The predicted octanol–water partition coefficient (Wildman–Crippen LogP) is 2.29. The molecule has 1 amide bonds. The molecule has 9 nitrogen and oxygen atoms in total. The molecule has 0 bridgehead atoms. The van der Waals surface area contributed by atoms with Gasteiger partial charge in [0.15, 0.2) is 0 Å². The van der Waals surface area contributed by atoms with E-state index in [1.54, 1.807) is 12.1 Å². The van der Waals surface area contributed by atoms with E-state index in [0.29, 0.717) is 25.1 Å². The van der Waals surface area contributed by atoms with Crippen molar-refractivity contribution < 1.29 is 24.2 Å². The van der Waals surface area contributed by atoms with Gasteiger partial charge in [-0.25, -0.2) is 9.68 Å². The highest BCUT2D eigenvalue weighted by Crippen LogP contribution is 2.31. The number of carbonyl (C=O) groups excluding carboxylic acids is 1. The van der Waals surface area contributed by atoms with Crippen LogP contribution < -0.4 is 4.89 Å². The normalized spacial score (nSPS) is 17.5. The van der Waals surface area contributed by atoms with Crippen molar-refractivity contribution in [1.29, 1.82) is 0 Å². The van der Waals surface area contributed by atoms with Gasteiger partial charge in [-0.1, -0.05) is 0 Å². The minimum atomic E-state index is -0.646. The minimum absolute atomic E-state index is 0.0758. The van der Waals surface area contributed by atoms with E-state index in [4.69, 9.17) is 14.5 Å². The number of fused-ring (bicyclic) bond motifs is 1. The molecule has 24 heavy (non-hydrogen) atoms. The van der Waals surface area contributed by atoms with Crippen LogP contribution in [-0.2, 0) is 9.62 Å². The molecule has 0 N–H and O–H groups in total. The Morgan fingerprint density at radius 1 is 1.46 bits per heavy atom. The van der Waals surface area contributed by atoms with Crippen molar-refractivity contribution in [2.24, 2.45) is 0 Å². The zero-order chi connectivity index (χ0) is 17.1. The maximum absolute atomic E-state index is 12.0. The summed E-state index contributed by atoms with van der Waals surface area (Å²) >= 11 is 0. The van der Waals surface area contributed by atoms with E-state index >= 15 is 0 Å². The van der Waals surface area contributed by atoms with Gasteiger partial charge >= 0.3 is 6.09 Å². The molecule has 126 valence electrons. The SMILES string of the molecule is CC1CN(C(=O)OOc2ccc([N+](=O)[O-])c3cccnc23)CCO1. The third kappa shape index (κ3) is 3.20. The molecule has 1 aromatic heterocycles. The third-order valence-electron chi connectivity index (χ3n) is 3.61. The number of hydrogen-bond donors (Lipinski definition) is 0. The van der Waals surface area contributed by atoms with Crippen LogP contribution in [0.5, 0.6) is 5.75 Å². The molecule has 1 saturated heterocycles. The first-order valence-corrected chi connectivity index (χ1v) is 7.33. The van der Waals surface area contributed by atoms with Crippen LogP contribution in [0.1, 0.15) is 6.92 Å². The van der Waals surface area contributed by atoms with E-state index in [9.17, 15) is 14.9 Å². The van der Waals surface area contributed by atoms with E-state index < -0.39 is 11.0 Å². The van der Waals surface area contributed by atoms with E-state index in [2.05, 4.69) is 4.98 Å². The van der Waals surface area contributed by atoms with Gasteiger partial charge in [-0.3, -0.25) is 20.0 Å². The average Bonchev–Trinajstić information content (AvgIpc) is 2.59. The molecular weight excluding hydrogens is 318 g/mol. The number of nitrogens with zero attached hydrogens (tertiary/aromatic N) is 3. The molecule has 9 heteroatoms. The van der Waals surface area contributed by atoms with Gasteiger partial charge in [-0.15, -0.1) is 0 Å². The highest BCUT2D eigenvalue weighted by molar-refractivity contribution is 5.92. The molecule has 2 heterocycles. The lowest BCUT2D eigenvalue weighted by molar-refractivity contribution is -0.383. The summed E-state index contributed by atoms with van der Waals surface area (Å²) in [7, 11) is 0. The predicted molar refractivity (Wildman–Crippen MR) is 82.5 cm³/mol. The fourth-order valence-electron chi connectivity index (χ4n) is 2.48. The Morgan fingerprint density at radius 3 is 3.04 bits per heavy atom. The topological polar surface area (TPSA) is 104 Å². The first kappa shape index (κ1) is 15.9. The number of amides is 1. The van der Waals surface area contributed by atoms with Crippen molar-refractivity contribution in [1.82, 2.24) is 9.88 Å². The van der Waals surface area contributed by atoms with Crippen LogP contribution in [0, 0.1) is 10.1 Å². The van der Waals surface area contributed by atoms with E-state index in [-0.39, 0.29) is 23.1 Å². The van der Waals surface area contributed by atoms with Crippen molar-refractivity contribution in [3.8, 4) is 5.75 Å². The molecule has 0 aliphatic carbocycles. The number of ether oxygens (including phenoxy) is 1. The lowest BCUT2D eigenvalue weighted by Crippen LogP contribution is -2.45. The number of rotatable bonds is 3. The summed E-state index contributed by atoms with van der Waals surface area (Å²) in [6, 6.07) is 5.77. The van der Waals surface area contributed by atoms with Crippen LogP contribution in [0.3, 0.4) is 0 Å². The minimum Gasteiger partial charge on any atom is -0.375 e. The third-order valence-corrected chi connectivity index (χ3v) is 3.61. The lowest BCUT2D eigenvalue weighted by atomic mass is 10.2. The number of non-ortho nitro benzene ring substituents is 1. The second-order valence-corrected chi connectivity index (χ2v) is 5.30. The standard InChI is InChI=1S/C15H15N3O6/c1-10-9-17(7-8-22-10)15(19)24-23-13-5-4-12(18(20)21)11-3-2-6-16-14(11)13/h2-6,10H,7-9H2,1H3. The summed E-state index contributed by atoms with van der Waals surface area (Å²) in [5.74, 6) is 0.130. The molecular formula is C15H15N3O6. The second kappa shape index (κ2) is 6.67. The summed E-state index contributed by atoms with van der Waals surface area (Å²) in [4.78, 5) is 38.1. The molecule has 0 saturated carbocycles. The van der Waals surface area contributed by atoms with Gasteiger partial charge in [0, 0.05) is 18.8 Å². The summed E-state index contributed by atoms with van der Waals surface area (Å²) < 4.78 is 5.35. The van der Waals surface area contributed by atoms with Crippen LogP contribution >= 0.6 is 0 Å². The summed E-state index contributed by atoms with van der Waals surface area (Å²) in [5, 5.41) is 11.4. The Labute approximate surface area is 136 Å². The molecule has 1 unspecified atom stereocenters. The maximum Gasteiger partial charge on any atom is 0.453 e. The Bertz CT molecular complexity index is 781. The Balaban J connectivity index is 1.77. The molecule has 0 radical (unpaired) electrons. The summed E-state index contributed by atoms with van der Waals surface area (Å²) in [5.41, 5.74) is 0.147. The molecule has 1 aromatic carbocycles. The van der Waals surface area contributed by atoms with Gasteiger partial charge in [0.05, 0.1) is 29.6 Å². The zero-order valence-electron chi connectivity index (χ0n) is 12.9. The fourth-order valence-corrected chi connectivity index (χ4v) is 2.48. The Kier molecular flexibility index (Phi) is 4.43. The first-order chi connectivity index (χ1) is 11.6. The van der Waals surface area contributed by atoms with E-state index in [0.717, 1.165) is 0 Å². The van der Waals surface area contributed by atoms with Crippen LogP contribution in [-0.4, -0.2) is 46.7 Å². The molecule has 0 spiro atoms. The average molecular weight is 333 g/mol. The maximum atomic E-state index is 12.0. The Hall–Kier alpha value is -2.94. The van der Waals surface area contributed by atoms with Gasteiger partial charge in [0.25, 0.3) is 5.69 Å². The van der Waals surface area contributed by atoms with E-state index in [1.807, 2.05) is 6.92 Å². The highest BCUT2D eigenvalue weighted by atomic mass is 17.2. The zero-order valence-corrected chi connectivity index (χ0v) is 12.9. The summed E-state index contributed by atoms with van der Waals surface area (Å²) in [6.07, 6.45) is 0.755. The quantitative estimate of drug-likeness (QED) is 0.482. The lowest BCUT2D eigenvalue weighted by Gasteiger charge is -2.29. The molecule has 1 aliphatic rings. The number of nitro benzene ring substituents is 1. The van der Waals surface area contributed by atoms with Crippen LogP contribution in [0.2, 0.25) is 0 Å². The monoisotopic (exact) mass is 333 g/mol. The fraction of sp³-hybridized carbons (Fsp3) is 0.333. The van der Waals surface area contributed by atoms with Gasteiger partial charge in [0.1, 0.15) is 5.52 Å². The molecule has 1 atom stereocenters. The van der Waals surface area contributed by atoms with Crippen LogP contribution in [0.25, 0.3) is 10.9 Å². The van der Waals surface area contributed by atoms with Gasteiger partial charge in [0.2, 0.25) is 5.75 Å². The van der Waals surface area contributed by atoms with Crippen molar-refractivity contribution >= 4 is 22.7 Å². The number of nitro groups is 1. The van der Waals surface area contributed by atoms with Crippen molar-refractivity contribution in [3.05, 3.63) is 40.6 Å². The largest absolute Gasteiger partial charge is 0.453 e. The highest BCUT2D eigenvalue weighted by Gasteiger charge is 2.24. The number of morpholine rings is 1. The van der Waals surface area contributed by atoms with Gasteiger partial charge in [-0.05, 0) is 25.1 Å². The van der Waals surface area contributed by atoms with Crippen molar-refractivity contribution in [2.45, 2.75) is 13.0 Å². The number of benzene rings is 1. The smallest absolute Gasteiger partial charge is 0.375 e. The number of pyridine rings is 1. The van der Waals surface area contributed by atoms with Gasteiger partial charge < -0.3 is 9.64 Å². The van der Waals surface area contributed by atoms with E-state index in [1.165, 1.54) is 23.2 Å². The van der Waals surface area contributed by atoms with Crippen LogP contribution in [0.15, 0.2) is 30.5 Å². The first-order valence-electron chi connectivity index (χ1n) is 7.33. The molecule has 3 rings (SSSR count). The van der Waals surface area contributed by atoms with Crippen LogP contribution in [0.4, 0.5) is 10.5 Å². The summed E-state index contributed by atoms with van der Waals surface area (Å²) in [6.45, 7) is 3.10. The molecule has 1 aliphatic heterocycles. The Morgan fingerprint density at radius 2 is 2.29 bits per heavy atom.